The van der Waals surface area contributed by atoms with E-state index >= 15 is 0 Å². The highest BCUT2D eigenvalue weighted by Gasteiger charge is 2.32. The van der Waals surface area contributed by atoms with Crippen LogP contribution in [0.1, 0.15) is 47.9 Å². The Kier molecular flexibility index (Phi) is 4.68. The van der Waals surface area contributed by atoms with Crippen LogP contribution in [-0.4, -0.2) is 31.2 Å². The zero-order chi connectivity index (χ0) is 20.9. The molecule has 1 amide bonds. The number of anilines is 1. The molecule has 31 heavy (non-hydrogen) atoms. The number of thioether (sulfide) groups is 1. The molecule has 1 N–H and O–H groups in total. The second-order valence-corrected chi connectivity index (χ2v) is 10.1. The first kappa shape index (κ1) is 19.2. The largest absolute Gasteiger partial charge is 0.325 e. The summed E-state index contributed by atoms with van der Waals surface area (Å²) in [6.07, 6.45) is 6.90. The van der Waals surface area contributed by atoms with Crippen LogP contribution in [0.3, 0.4) is 0 Å². The molecular formula is C22H20FN5OS2. The number of fused-ring (bicyclic) bond motifs is 5. The molecule has 1 fully saturated rings. The fourth-order valence-corrected chi connectivity index (χ4v) is 6.23. The van der Waals surface area contributed by atoms with Crippen LogP contribution in [0.4, 0.5) is 10.1 Å². The van der Waals surface area contributed by atoms with Crippen molar-refractivity contribution in [2.75, 3.05) is 11.1 Å². The molecule has 2 aliphatic rings. The van der Waals surface area contributed by atoms with Gasteiger partial charge in [0.05, 0.1) is 11.1 Å². The summed E-state index contributed by atoms with van der Waals surface area (Å²) in [5.74, 6) is 1.16. The van der Waals surface area contributed by atoms with E-state index in [0.29, 0.717) is 16.8 Å². The normalized spacial score (nSPS) is 16.0. The van der Waals surface area contributed by atoms with E-state index in [2.05, 4.69) is 19.9 Å². The molecule has 0 unspecified atom stereocenters. The molecule has 0 saturated heterocycles. The lowest BCUT2D eigenvalue weighted by Gasteiger charge is -2.11. The van der Waals surface area contributed by atoms with Crippen molar-refractivity contribution in [3.8, 4) is 0 Å². The van der Waals surface area contributed by atoms with Crippen LogP contribution >= 0.6 is 23.1 Å². The number of thiophene rings is 1. The van der Waals surface area contributed by atoms with Crippen molar-refractivity contribution in [3.63, 3.8) is 0 Å². The summed E-state index contributed by atoms with van der Waals surface area (Å²) in [5, 5.41) is 13.7. The number of hydrogen-bond acceptors (Lipinski definition) is 6. The number of nitrogens with zero attached hydrogens (tertiary/aromatic N) is 4. The Hall–Kier alpha value is -2.52. The van der Waals surface area contributed by atoms with Gasteiger partial charge < -0.3 is 5.32 Å². The summed E-state index contributed by atoms with van der Waals surface area (Å²) in [7, 11) is 0. The molecule has 0 atom stereocenters. The summed E-state index contributed by atoms with van der Waals surface area (Å²) in [4.78, 5) is 20.0. The fraction of sp³-hybridized carbons (Fsp3) is 0.364. The lowest BCUT2D eigenvalue weighted by Crippen LogP contribution is -2.14. The van der Waals surface area contributed by atoms with Gasteiger partial charge in [-0.05, 0) is 68.4 Å². The Labute approximate surface area is 186 Å². The summed E-state index contributed by atoms with van der Waals surface area (Å²) in [6, 6.07) is 5.76. The second kappa shape index (κ2) is 7.56. The molecule has 2 aliphatic carbocycles. The molecule has 6 rings (SSSR count). The molecule has 4 aromatic rings. The van der Waals surface area contributed by atoms with Crippen LogP contribution in [0.2, 0.25) is 0 Å². The number of benzene rings is 1. The minimum absolute atomic E-state index is 0.164. The molecular weight excluding hydrogens is 433 g/mol. The van der Waals surface area contributed by atoms with Crippen molar-refractivity contribution in [1.29, 1.82) is 0 Å². The number of rotatable bonds is 5. The zero-order valence-electron chi connectivity index (χ0n) is 16.7. The van der Waals surface area contributed by atoms with Crippen LogP contribution in [-0.2, 0) is 17.6 Å². The molecule has 0 bridgehead atoms. The third-order valence-corrected chi connectivity index (χ3v) is 7.97. The molecule has 6 nitrogen and oxygen atoms in total. The Morgan fingerprint density at radius 2 is 2.00 bits per heavy atom. The Morgan fingerprint density at radius 3 is 2.81 bits per heavy atom. The Bertz CT molecular complexity index is 1310. The molecule has 1 aromatic carbocycles. The number of aromatic nitrogens is 4. The first-order valence-electron chi connectivity index (χ1n) is 10.5. The van der Waals surface area contributed by atoms with E-state index in [9.17, 15) is 9.18 Å². The average Bonchev–Trinajstić information content (AvgIpc) is 3.43. The Balaban J connectivity index is 1.33. The van der Waals surface area contributed by atoms with Gasteiger partial charge in [0.2, 0.25) is 5.91 Å². The van der Waals surface area contributed by atoms with Crippen molar-refractivity contribution in [3.05, 3.63) is 46.3 Å². The van der Waals surface area contributed by atoms with Crippen molar-refractivity contribution in [2.24, 2.45) is 0 Å². The lowest BCUT2D eigenvalue weighted by atomic mass is 9.97. The summed E-state index contributed by atoms with van der Waals surface area (Å²) >= 11 is 3.18. The van der Waals surface area contributed by atoms with E-state index in [0.717, 1.165) is 47.4 Å². The molecule has 3 aromatic heterocycles. The van der Waals surface area contributed by atoms with E-state index in [-0.39, 0.29) is 17.5 Å². The van der Waals surface area contributed by atoms with E-state index in [1.165, 1.54) is 47.2 Å². The number of amides is 1. The number of nitrogens with one attached hydrogen (secondary N) is 1. The lowest BCUT2D eigenvalue weighted by molar-refractivity contribution is -0.113. The van der Waals surface area contributed by atoms with Crippen LogP contribution < -0.4 is 5.32 Å². The SMILES string of the molecule is O=C(CSc1nnc2c3c4c(sc3nc(C3CC3)n12)CCCC4)Nc1ccc(F)cc1. The summed E-state index contributed by atoms with van der Waals surface area (Å²) < 4.78 is 15.1. The molecule has 3 heterocycles. The molecule has 9 heteroatoms. The molecule has 158 valence electrons. The topological polar surface area (TPSA) is 72.2 Å². The highest BCUT2D eigenvalue weighted by atomic mass is 32.2. The Morgan fingerprint density at radius 1 is 1.19 bits per heavy atom. The van der Waals surface area contributed by atoms with Gasteiger partial charge in [0.25, 0.3) is 0 Å². The van der Waals surface area contributed by atoms with Gasteiger partial charge in [-0.1, -0.05) is 11.8 Å². The van der Waals surface area contributed by atoms with Crippen LogP contribution in [0.15, 0.2) is 29.4 Å². The van der Waals surface area contributed by atoms with Crippen molar-refractivity contribution in [1.82, 2.24) is 19.6 Å². The van der Waals surface area contributed by atoms with Gasteiger partial charge >= 0.3 is 0 Å². The number of hydrogen-bond donors (Lipinski definition) is 1. The van der Waals surface area contributed by atoms with E-state index in [1.54, 1.807) is 12.1 Å². The van der Waals surface area contributed by atoms with Gasteiger partial charge in [-0.2, -0.15) is 0 Å². The van der Waals surface area contributed by atoms with E-state index < -0.39 is 0 Å². The number of carbonyl (C=O) groups excluding carboxylic acids is 1. The molecule has 0 spiro atoms. The van der Waals surface area contributed by atoms with Crippen molar-refractivity contribution >= 4 is 50.6 Å². The van der Waals surface area contributed by atoms with Gasteiger partial charge in [-0.25, -0.2) is 9.37 Å². The van der Waals surface area contributed by atoms with Gasteiger partial charge in [0.1, 0.15) is 16.5 Å². The van der Waals surface area contributed by atoms with E-state index in [4.69, 9.17) is 4.98 Å². The maximum atomic E-state index is 13.1. The van der Waals surface area contributed by atoms with Gasteiger partial charge in [-0.3, -0.25) is 9.20 Å². The predicted molar refractivity (Wildman–Crippen MR) is 121 cm³/mol. The second-order valence-electron chi connectivity index (χ2n) is 8.12. The first-order valence-corrected chi connectivity index (χ1v) is 12.3. The van der Waals surface area contributed by atoms with Crippen LogP contribution in [0.5, 0.6) is 0 Å². The quantitative estimate of drug-likeness (QED) is 0.432. The first-order chi connectivity index (χ1) is 15.2. The molecule has 1 saturated carbocycles. The van der Waals surface area contributed by atoms with Gasteiger partial charge in [0.15, 0.2) is 10.8 Å². The highest BCUT2D eigenvalue weighted by molar-refractivity contribution is 7.99. The third kappa shape index (κ3) is 3.49. The number of halogens is 1. The zero-order valence-corrected chi connectivity index (χ0v) is 18.4. The third-order valence-electron chi connectivity index (χ3n) is 5.86. The summed E-state index contributed by atoms with van der Waals surface area (Å²) in [5.41, 5.74) is 2.85. The fourth-order valence-electron chi connectivity index (χ4n) is 4.22. The van der Waals surface area contributed by atoms with Crippen LogP contribution in [0.25, 0.3) is 15.9 Å². The predicted octanol–water partition coefficient (Wildman–Crippen LogP) is 4.97. The van der Waals surface area contributed by atoms with Crippen LogP contribution in [0, 0.1) is 5.82 Å². The molecule has 0 aliphatic heterocycles. The molecule has 0 radical (unpaired) electrons. The van der Waals surface area contributed by atoms with Crippen molar-refractivity contribution in [2.45, 2.75) is 49.6 Å². The average molecular weight is 454 g/mol. The van der Waals surface area contributed by atoms with Gasteiger partial charge in [0, 0.05) is 16.5 Å². The standard InChI is InChI=1S/C22H20FN5OS2/c23-13-7-9-14(10-8-13)24-17(29)11-30-22-27-26-20-18-15-3-1-2-4-16(15)31-21(18)25-19(28(20)22)12-5-6-12/h7-10,12H,1-6,11H2,(H,24,29). The highest BCUT2D eigenvalue weighted by Crippen LogP contribution is 2.44. The minimum Gasteiger partial charge on any atom is -0.325 e. The number of carbonyl (C=O) groups is 1. The number of aryl methyl sites for hydroxylation is 2. The minimum atomic E-state index is -0.329. The maximum Gasteiger partial charge on any atom is 0.234 e. The maximum absolute atomic E-state index is 13.1. The van der Waals surface area contributed by atoms with E-state index in [1.807, 2.05) is 11.3 Å². The monoisotopic (exact) mass is 453 g/mol. The summed E-state index contributed by atoms with van der Waals surface area (Å²) in [6.45, 7) is 0. The van der Waals surface area contributed by atoms with Crippen molar-refractivity contribution < 1.29 is 9.18 Å². The van der Waals surface area contributed by atoms with Gasteiger partial charge in [-0.15, -0.1) is 21.5 Å². The smallest absolute Gasteiger partial charge is 0.234 e.